The predicted molar refractivity (Wildman–Crippen MR) is 104 cm³/mol. The Morgan fingerprint density at radius 2 is 1.24 bits per heavy atom. The van der Waals surface area contributed by atoms with Gasteiger partial charge in [0, 0.05) is 5.69 Å². The molecule has 1 rings (SSSR count). The first-order chi connectivity index (χ1) is 9.37. The zero-order valence-electron chi connectivity index (χ0n) is 15.2. The van der Waals surface area contributed by atoms with Gasteiger partial charge >= 0.3 is 0 Å². The van der Waals surface area contributed by atoms with E-state index in [1.807, 2.05) is 0 Å². The third-order valence-corrected chi connectivity index (χ3v) is 11.2. The van der Waals surface area contributed by atoms with Crippen LogP contribution in [0.4, 0.5) is 5.69 Å². The summed E-state index contributed by atoms with van der Waals surface area (Å²) < 4.78 is 2.66. The molecule has 0 aromatic heterocycles. The minimum atomic E-state index is -1.95. The first-order valence-electron chi connectivity index (χ1n) is 7.99. The molecule has 0 fully saturated rings. The van der Waals surface area contributed by atoms with Crippen LogP contribution in [0.2, 0.25) is 32.7 Å². The topological polar surface area (TPSA) is 3.24 Å². The highest BCUT2D eigenvalue weighted by atomic mass is 35.6. The maximum absolute atomic E-state index is 6.97. The van der Waals surface area contributed by atoms with E-state index in [-0.39, 0.29) is 0 Å². The summed E-state index contributed by atoms with van der Waals surface area (Å²) in [6.45, 7) is 20.9. The van der Waals surface area contributed by atoms with Crippen molar-refractivity contribution >= 4 is 32.5 Å². The van der Waals surface area contributed by atoms with Gasteiger partial charge < -0.3 is 4.23 Å². The number of anilines is 1. The van der Waals surface area contributed by atoms with Crippen LogP contribution in [0.5, 0.6) is 0 Å². The number of para-hydroxylation sites is 1. The molecule has 0 heterocycles. The predicted octanol–water partition coefficient (Wildman–Crippen LogP) is 6.52. The molecule has 0 spiro atoms. The third-order valence-electron chi connectivity index (χ3n) is 3.77. The lowest BCUT2D eigenvalue weighted by Crippen LogP contribution is -2.59. The zero-order valence-corrected chi connectivity index (χ0v) is 18.0. The molecule has 0 saturated heterocycles. The highest BCUT2D eigenvalue weighted by Gasteiger charge is 2.39. The normalized spacial score (nSPS) is 13.1. The second-order valence-electron chi connectivity index (χ2n) is 8.01. The van der Waals surface area contributed by atoms with Gasteiger partial charge in [0.1, 0.15) is 8.24 Å². The number of rotatable bonds is 5. The average Bonchev–Trinajstić information content (AvgIpc) is 2.24. The molecule has 0 saturated carbocycles. The van der Waals surface area contributed by atoms with Gasteiger partial charge in [-0.2, -0.15) is 0 Å². The van der Waals surface area contributed by atoms with Crippen molar-refractivity contribution in [3.05, 3.63) is 29.3 Å². The van der Waals surface area contributed by atoms with E-state index in [2.05, 4.69) is 82.9 Å². The van der Waals surface area contributed by atoms with Gasteiger partial charge in [-0.25, -0.2) is 0 Å². The van der Waals surface area contributed by atoms with Crippen LogP contribution in [-0.2, 0) is 0 Å². The van der Waals surface area contributed by atoms with E-state index in [1.165, 1.54) is 16.8 Å². The highest BCUT2D eigenvalue weighted by molar-refractivity contribution is 7.26. The van der Waals surface area contributed by atoms with Crippen LogP contribution in [-0.4, -0.2) is 15.8 Å². The van der Waals surface area contributed by atoms with E-state index in [0.717, 1.165) is 0 Å². The Hall–Kier alpha value is -0.256. The first-order valence-corrected chi connectivity index (χ1v) is 15.4. The van der Waals surface area contributed by atoms with Crippen molar-refractivity contribution in [3.8, 4) is 0 Å². The van der Waals surface area contributed by atoms with Crippen molar-refractivity contribution in [3.63, 3.8) is 0 Å². The molecule has 21 heavy (non-hydrogen) atoms. The maximum atomic E-state index is 6.97. The van der Waals surface area contributed by atoms with E-state index in [0.29, 0.717) is 11.8 Å². The Bertz CT molecular complexity index is 444. The molecule has 0 bridgehead atoms. The fourth-order valence-corrected chi connectivity index (χ4v) is 13.8. The summed E-state index contributed by atoms with van der Waals surface area (Å²) in [5.74, 6) is 1.04. The molecule has 1 nitrogen and oxygen atoms in total. The van der Waals surface area contributed by atoms with Crippen LogP contribution in [0.15, 0.2) is 18.2 Å². The van der Waals surface area contributed by atoms with Crippen LogP contribution >= 0.6 is 11.1 Å². The van der Waals surface area contributed by atoms with Gasteiger partial charge in [0.05, 0.1) is 0 Å². The second-order valence-corrected chi connectivity index (χ2v) is 19.3. The van der Waals surface area contributed by atoms with Crippen LogP contribution in [0.3, 0.4) is 0 Å². The Labute approximate surface area is 138 Å². The van der Waals surface area contributed by atoms with Gasteiger partial charge in [0.25, 0.3) is 0 Å². The molecular weight excluding hydrogens is 310 g/mol. The smallest absolute Gasteiger partial charge is 0.241 e. The first kappa shape index (κ1) is 18.8. The fraction of sp³-hybridized carbons (Fsp3) is 0.647. The molecule has 4 heteroatoms. The molecule has 1 aromatic rings. The summed E-state index contributed by atoms with van der Waals surface area (Å²) >= 11 is 6.97. The molecule has 0 N–H and O–H groups in total. The van der Waals surface area contributed by atoms with Gasteiger partial charge in [0.15, 0.2) is 0 Å². The maximum Gasteiger partial charge on any atom is 0.241 e. The fourth-order valence-electron chi connectivity index (χ4n) is 3.17. The summed E-state index contributed by atoms with van der Waals surface area (Å²) in [7, 11) is -3.50. The van der Waals surface area contributed by atoms with Crippen molar-refractivity contribution in [2.45, 2.75) is 72.3 Å². The van der Waals surface area contributed by atoms with Gasteiger partial charge in [-0.1, -0.05) is 65.5 Å². The number of hydrogen-bond acceptors (Lipinski definition) is 1. The van der Waals surface area contributed by atoms with Gasteiger partial charge in [0.2, 0.25) is 7.55 Å². The molecule has 0 aliphatic heterocycles. The van der Waals surface area contributed by atoms with E-state index in [4.69, 9.17) is 11.1 Å². The minimum absolute atomic E-state index is 0.519. The van der Waals surface area contributed by atoms with E-state index in [1.54, 1.807) is 0 Å². The molecule has 0 aliphatic carbocycles. The number of nitrogens with zero attached hydrogens (tertiary/aromatic N) is 1. The van der Waals surface area contributed by atoms with Crippen LogP contribution in [0.1, 0.15) is 50.7 Å². The highest BCUT2D eigenvalue weighted by Crippen LogP contribution is 2.41. The monoisotopic (exact) mass is 341 g/mol. The zero-order chi connectivity index (χ0) is 16.6. The molecule has 0 atom stereocenters. The number of benzene rings is 1. The Morgan fingerprint density at radius 1 is 0.857 bits per heavy atom. The summed E-state index contributed by atoms with van der Waals surface area (Å²) in [4.78, 5) is 0. The van der Waals surface area contributed by atoms with Crippen molar-refractivity contribution in [1.82, 2.24) is 0 Å². The SMILES string of the molecule is CC(C)c1cccc(C(C)C)c1N([Si](C)(C)C)[Si](C)(C)Cl. The van der Waals surface area contributed by atoms with Crippen molar-refractivity contribution in [2.75, 3.05) is 4.23 Å². The van der Waals surface area contributed by atoms with Crippen molar-refractivity contribution in [1.29, 1.82) is 0 Å². The average molecular weight is 342 g/mol. The number of hydrogen-bond donors (Lipinski definition) is 0. The lowest BCUT2D eigenvalue weighted by atomic mass is 9.93. The lowest BCUT2D eigenvalue weighted by Gasteiger charge is -2.46. The van der Waals surface area contributed by atoms with Gasteiger partial charge in [-0.05, 0) is 36.1 Å². The molecule has 0 aliphatic rings. The Kier molecular flexibility index (Phi) is 5.79. The third kappa shape index (κ3) is 4.36. The molecule has 0 amide bonds. The van der Waals surface area contributed by atoms with Crippen molar-refractivity contribution in [2.24, 2.45) is 0 Å². The summed E-state index contributed by atoms with van der Waals surface area (Å²) in [5.41, 5.74) is 4.34. The van der Waals surface area contributed by atoms with Crippen LogP contribution < -0.4 is 4.23 Å². The summed E-state index contributed by atoms with van der Waals surface area (Å²) in [5, 5.41) is 0. The molecule has 0 radical (unpaired) electrons. The number of halogens is 1. The van der Waals surface area contributed by atoms with E-state index < -0.39 is 15.8 Å². The second kappa shape index (κ2) is 6.47. The summed E-state index contributed by atoms with van der Waals surface area (Å²) in [6, 6.07) is 6.78. The Morgan fingerprint density at radius 3 is 1.48 bits per heavy atom. The van der Waals surface area contributed by atoms with Crippen LogP contribution in [0.25, 0.3) is 0 Å². The minimum Gasteiger partial charge on any atom is -0.413 e. The van der Waals surface area contributed by atoms with E-state index >= 15 is 0 Å². The van der Waals surface area contributed by atoms with Gasteiger partial charge in [-0.3, -0.25) is 0 Å². The molecular formula is C17H32ClNSi2. The Balaban J connectivity index is 3.71. The lowest BCUT2D eigenvalue weighted by molar-refractivity contribution is 0.834. The van der Waals surface area contributed by atoms with Crippen LogP contribution in [0, 0.1) is 0 Å². The molecule has 120 valence electrons. The van der Waals surface area contributed by atoms with Gasteiger partial charge in [-0.15, -0.1) is 11.1 Å². The molecule has 0 unspecified atom stereocenters. The largest absolute Gasteiger partial charge is 0.413 e. The van der Waals surface area contributed by atoms with Crippen molar-refractivity contribution < 1.29 is 0 Å². The van der Waals surface area contributed by atoms with E-state index in [9.17, 15) is 0 Å². The summed E-state index contributed by atoms with van der Waals surface area (Å²) in [6.07, 6.45) is 0. The molecule has 1 aromatic carbocycles. The standard InChI is InChI=1S/C17H32ClNSi2/c1-13(2)15-11-10-12-16(14(3)4)17(15)19(20(5,6)7)21(8,9)18/h10-14H,1-9H3. The quantitative estimate of drug-likeness (QED) is 0.435.